The van der Waals surface area contributed by atoms with Gasteiger partial charge in [0.1, 0.15) is 16.9 Å². The van der Waals surface area contributed by atoms with Gasteiger partial charge >= 0.3 is 0 Å². The molecule has 7 nitrogen and oxygen atoms in total. The molecule has 1 aliphatic rings. The van der Waals surface area contributed by atoms with Crippen molar-refractivity contribution in [2.24, 2.45) is 5.14 Å². The van der Waals surface area contributed by atoms with Crippen LogP contribution in [0, 0.1) is 5.82 Å². The van der Waals surface area contributed by atoms with Crippen LogP contribution in [-0.4, -0.2) is 36.3 Å². The van der Waals surface area contributed by atoms with E-state index in [1.807, 2.05) is 0 Å². The van der Waals surface area contributed by atoms with Crippen LogP contribution in [0.5, 0.6) is 0 Å². The fourth-order valence-electron chi connectivity index (χ4n) is 2.44. The lowest BCUT2D eigenvalue weighted by Crippen LogP contribution is -2.32. The highest BCUT2D eigenvalue weighted by atomic mass is 32.2. The molecule has 2 heterocycles. The lowest BCUT2D eigenvalue weighted by molar-refractivity contribution is -0.117. The summed E-state index contributed by atoms with van der Waals surface area (Å²) in [5.41, 5.74) is 1.25. The maximum atomic E-state index is 13.0. The molecule has 1 aromatic carbocycles. The number of nitrogens with one attached hydrogen (secondary N) is 1. The number of primary sulfonamides is 1. The van der Waals surface area contributed by atoms with E-state index in [1.165, 1.54) is 23.2 Å². The number of carbonyl (C=O) groups is 1. The standard InChI is InChI=1S/C13H13FN4O3S/c14-9-3-1-8(2-4-9)11-6-16-17-13(11)18-7-10(5-12(18)19)22(15,20)21/h1-4,6,10H,5,7H2,(H,16,17)(H2,15,20,21). The maximum Gasteiger partial charge on any atom is 0.229 e. The zero-order valence-corrected chi connectivity index (χ0v) is 12.2. The lowest BCUT2D eigenvalue weighted by Gasteiger charge is -2.16. The number of hydrogen-bond acceptors (Lipinski definition) is 4. The zero-order chi connectivity index (χ0) is 15.9. The van der Waals surface area contributed by atoms with Crippen LogP contribution in [0.1, 0.15) is 6.42 Å². The SMILES string of the molecule is NS(=O)(=O)C1CC(=O)N(c2[nH]ncc2-c2ccc(F)cc2)C1. The Hall–Kier alpha value is -2.26. The molecule has 2 aromatic rings. The summed E-state index contributed by atoms with van der Waals surface area (Å²) in [7, 11) is -3.79. The molecule has 1 aliphatic heterocycles. The first kappa shape index (κ1) is 14.7. The van der Waals surface area contributed by atoms with Crippen LogP contribution >= 0.6 is 0 Å². The first-order valence-corrected chi connectivity index (χ1v) is 8.08. The number of H-pyrrole nitrogens is 1. The third-order valence-electron chi connectivity index (χ3n) is 3.60. The maximum absolute atomic E-state index is 13.0. The number of nitrogens with two attached hydrogens (primary N) is 1. The van der Waals surface area contributed by atoms with Gasteiger partial charge in [0.15, 0.2) is 0 Å². The average molecular weight is 324 g/mol. The minimum atomic E-state index is -3.79. The van der Waals surface area contributed by atoms with Gasteiger partial charge in [-0.1, -0.05) is 12.1 Å². The molecule has 1 unspecified atom stereocenters. The molecule has 3 rings (SSSR count). The molecule has 1 saturated heterocycles. The predicted molar refractivity (Wildman–Crippen MR) is 77.8 cm³/mol. The number of nitrogens with zero attached hydrogens (tertiary/aromatic N) is 2. The molecule has 1 amide bonds. The molecule has 9 heteroatoms. The van der Waals surface area contributed by atoms with Crippen molar-refractivity contribution in [2.75, 3.05) is 11.4 Å². The predicted octanol–water partition coefficient (Wildman–Crippen LogP) is 0.610. The van der Waals surface area contributed by atoms with Crippen molar-refractivity contribution in [3.8, 4) is 11.1 Å². The average Bonchev–Trinajstić information content (AvgIpc) is 3.05. The molecular formula is C13H13FN4O3S. The van der Waals surface area contributed by atoms with Gasteiger partial charge in [0.05, 0.1) is 6.20 Å². The monoisotopic (exact) mass is 324 g/mol. The van der Waals surface area contributed by atoms with Gasteiger partial charge in [-0.15, -0.1) is 0 Å². The number of hydrogen-bond donors (Lipinski definition) is 2. The third-order valence-corrected chi connectivity index (χ3v) is 4.84. The van der Waals surface area contributed by atoms with Gasteiger partial charge in [0.2, 0.25) is 15.9 Å². The molecule has 1 aromatic heterocycles. The summed E-state index contributed by atoms with van der Waals surface area (Å²) in [6, 6.07) is 5.71. The summed E-state index contributed by atoms with van der Waals surface area (Å²) in [5, 5.41) is 10.8. The molecule has 0 radical (unpaired) electrons. The van der Waals surface area contributed by atoms with E-state index in [0.29, 0.717) is 16.9 Å². The van der Waals surface area contributed by atoms with Crippen LogP contribution in [0.4, 0.5) is 10.2 Å². The third kappa shape index (κ3) is 2.60. The van der Waals surface area contributed by atoms with Crippen molar-refractivity contribution >= 4 is 21.7 Å². The summed E-state index contributed by atoms with van der Waals surface area (Å²) >= 11 is 0. The Kier molecular flexibility index (Phi) is 3.45. The highest BCUT2D eigenvalue weighted by molar-refractivity contribution is 7.89. The number of aromatic amines is 1. The van der Waals surface area contributed by atoms with Crippen molar-refractivity contribution < 1.29 is 17.6 Å². The Morgan fingerprint density at radius 3 is 2.59 bits per heavy atom. The van der Waals surface area contributed by atoms with Crippen LogP contribution in [0.3, 0.4) is 0 Å². The van der Waals surface area contributed by atoms with Crippen molar-refractivity contribution in [3.05, 3.63) is 36.3 Å². The Balaban J connectivity index is 1.96. The Morgan fingerprint density at radius 2 is 2.00 bits per heavy atom. The molecule has 0 spiro atoms. The molecule has 22 heavy (non-hydrogen) atoms. The summed E-state index contributed by atoms with van der Waals surface area (Å²) in [4.78, 5) is 13.4. The number of carbonyl (C=O) groups excluding carboxylic acids is 1. The second-order valence-corrected chi connectivity index (χ2v) is 6.90. The number of sulfonamides is 1. The quantitative estimate of drug-likeness (QED) is 0.862. The summed E-state index contributed by atoms with van der Waals surface area (Å²) in [6.45, 7) is -0.0337. The van der Waals surface area contributed by atoms with Crippen LogP contribution in [0.25, 0.3) is 11.1 Å². The van der Waals surface area contributed by atoms with Crippen LogP contribution in [-0.2, 0) is 14.8 Å². The first-order valence-electron chi connectivity index (χ1n) is 6.47. The Labute approximate surface area is 126 Å². The van der Waals surface area contributed by atoms with Gasteiger partial charge < -0.3 is 0 Å². The Bertz CT molecular complexity index is 816. The number of aromatic nitrogens is 2. The largest absolute Gasteiger partial charge is 0.295 e. The van der Waals surface area contributed by atoms with Crippen LogP contribution in [0.2, 0.25) is 0 Å². The van der Waals surface area contributed by atoms with Gasteiger partial charge in [0, 0.05) is 18.5 Å². The number of anilines is 1. The van der Waals surface area contributed by atoms with E-state index >= 15 is 0 Å². The molecule has 0 aliphatic carbocycles. The molecule has 3 N–H and O–H groups in total. The van der Waals surface area contributed by atoms with E-state index in [-0.39, 0.29) is 24.7 Å². The number of amides is 1. The number of benzene rings is 1. The van der Waals surface area contributed by atoms with Crippen molar-refractivity contribution in [1.29, 1.82) is 0 Å². The zero-order valence-electron chi connectivity index (χ0n) is 11.4. The van der Waals surface area contributed by atoms with E-state index < -0.39 is 15.3 Å². The van der Waals surface area contributed by atoms with Crippen LogP contribution in [0.15, 0.2) is 30.5 Å². The normalized spacial score (nSPS) is 18.9. The fraction of sp³-hybridized carbons (Fsp3) is 0.231. The molecule has 1 fully saturated rings. The summed E-state index contributed by atoms with van der Waals surface area (Å²) in [6.07, 6.45) is 1.33. The van der Waals surface area contributed by atoms with Gasteiger partial charge in [-0.3, -0.25) is 14.8 Å². The van der Waals surface area contributed by atoms with E-state index in [1.54, 1.807) is 12.1 Å². The van der Waals surface area contributed by atoms with Gasteiger partial charge in [0.25, 0.3) is 0 Å². The molecule has 1 atom stereocenters. The molecular weight excluding hydrogens is 311 g/mol. The number of halogens is 1. The fourth-order valence-corrected chi connectivity index (χ4v) is 3.17. The van der Waals surface area contributed by atoms with E-state index in [2.05, 4.69) is 10.2 Å². The molecule has 0 saturated carbocycles. The smallest absolute Gasteiger partial charge is 0.229 e. The van der Waals surface area contributed by atoms with Crippen LogP contribution < -0.4 is 10.0 Å². The lowest BCUT2D eigenvalue weighted by atomic mass is 10.1. The van der Waals surface area contributed by atoms with E-state index in [0.717, 1.165) is 0 Å². The second-order valence-electron chi connectivity index (χ2n) is 5.06. The highest BCUT2D eigenvalue weighted by Gasteiger charge is 2.38. The number of rotatable bonds is 3. The first-order chi connectivity index (χ1) is 10.4. The highest BCUT2D eigenvalue weighted by Crippen LogP contribution is 2.32. The summed E-state index contributed by atoms with van der Waals surface area (Å²) in [5.74, 6) is -0.352. The minimum Gasteiger partial charge on any atom is -0.295 e. The summed E-state index contributed by atoms with van der Waals surface area (Å²) < 4.78 is 35.8. The van der Waals surface area contributed by atoms with E-state index in [9.17, 15) is 17.6 Å². The van der Waals surface area contributed by atoms with E-state index in [4.69, 9.17) is 5.14 Å². The second kappa shape index (κ2) is 5.18. The van der Waals surface area contributed by atoms with Gasteiger partial charge in [-0.05, 0) is 17.7 Å². The Morgan fingerprint density at radius 1 is 1.32 bits per heavy atom. The molecule has 0 bridgehead atoms. The van der Waals surface area contributed by atoms with Crippen molar-refractivity contribution in [3.63, 3.8) is 0 Å². The van der Waals surface area contributed by atoms with Crippen molar-refractivity contribution in [2.45, 2.75) is 11.7 Å². The topological polar surface area (TPSA) is 109 Å². The van der Waals surface area contributed by atoms with Crippen molar-refractivity contribution in [1.82, 2.24) is 10.2 Å². The van der Waals surface area contributed by atoms with Gasteiger partial charge in [-0.25, -0.2) is 17.9 Å². The molecule has 116 valence electrons. The minimum absolute atomic E-state index is 0.0337. The van der Waals surface area contributed by atoms with Gasteiger partial charge in [-0.2, -0.15) is 5.10 Å².